The van der Waals surface area contributed by atoms with E-state index in [1.165, 1.54) is 27.0 Å². The van der Waals surface area contributed by atoms with Gasteiger partial charge in [-0.05, 0) is 67.0 Å². The van der Waals surface area contributed by atoms with E-state index in [4.69, 9.17) is 4.98 Å². The molecule has 1 unspecified atom stereocenters. The van der Waals surface area contributed by atoms with Crippen molar-refractivity contribution in [2.45, 2.75) is 37.4 Å². The summed E-state index contributed by atoms with van der Waals surface area (Å²) < 4.78 is 29.1. The average molecular weight is 527 g/mol. The number of pyridine rings is 1. The predicted octanol–water partition coefficient (Wildman–Crippen LogP) is 5.00. The number of thiazole rings is 1. The van der Waals surface area contributed by atoms with Crippen molar-refractivity contribution in [2.24, 2.45) is 5.92 Å². The van der Waals surface area contributed by atoms with Gasteiger partial charge in [-0.2, -0.15) is 4.31 Å². The maximum absolute atomic E-state index is 13.9. The lowest BCUT2D eigenvalue weighted by molar-refractivity contribution is -0.123. The molecule has 10 heteroatoms. The van der Waals surface area contributed by atoms with Crippen molar-refractivity contribution in [1.82, 2.24) is 14.3 Å². The molecular weight excluding hydrogens is 501 g/mol. The van der Waals surface area contributed by atoms with Gasteiger partial charge in [0.1, 0.15) is 4.21 Å². The number of carbonyl (C=O) groups excluding carboxylic acids is 1. The van der Waals surface area contributed by atoms with Crippen LogP contribution in [-0.4, -0.2) is 41.7 Å². The van der Waals surface area contributed by atoms with Gasteiger partial charge in [0, 0.05) is 25.5 Å². The van der Waals surface area contributed by atoms with Crippen LogP contribution in [0.2, 0.25) is 0 Å². The number of hydrogen-bond acceptors (Lipinski definition) is 7. The SMILES string of the molecule is Cc1ccc2sc(N(Cc3cccnc3)C(=O)C3CCCN(S(=O)(=O)c4cccs4)C3)nc2c1C. The molecule has 0 bridgehead atoms. The first-order chi connectivity index (χ1) is 16.8. The predicted molar refractivity (Wildman–Crippen MR) is 140 cm³/mol. The summed E-state index contributed by atoms with van der Waals surface area (Å²) in [5.41, 5.74) is 4.05. The van der Waals surface area contributed by atoms with Gasteiger partial charge in [0.2, 0.25) is 5.91 Å². The summed E-state index contributed by atoms with van der Waals surface area (Å²) in [5.74, 6) is -0.543. The van der Waals surface area contributed by atoms with Crippen LogP contribution in [0.3, 0.4) is 0 Å². The fourth-order valence-electron chi connectivity index (χ4n) is 4.36. The highest BCUT2D eigenvalue weighted by atomic mass is 32.2. The summed E-state index contributed by atoms with van der Waals surface area (Å²) in [6.07, 6.45) is 4.73. The molecule has 1 atom stereocenters. The third-order valence-corrected chi connectivity index (χ3v) is 10.7. The average Bonchev–Trinajstić information content (AvgIpc) is 3.56. The summed E-state index contributed by atoms with van der Waals surface area (Å²) in [7, 11) is -3.61. The van der Waals surface area contributed by atoms with Crippen LogP contribution in [-0.2, 0) is 21.4 Å². The Bertz CT molecular complexity index is 1450. The Kier molecular flexibility index (Phi) is 6.71. The maximum Gasteiger partial charge on any atom is 0.252 e. The van der Waals surface area contributed by atoms with Crippen LogP contribution in [0.15, 0.2) is 58.4 Å². The first-order valence-corrected chi connectivity index (χ1v) is 14.6. The Morgan fingerprint density at radius 3 is 2.80 bits per heavy atom. The Labute approximate surface area is 213 Å². The molecule has 1 aliphatic rings. The molecule has 0 spiro atoms. The zero-order valence-electron chi connectivity index (χ0n) is 19.5. The standard InChI is InChI=1S/C25H26N4O3S3/c1-17-9-10-21-23(18(17)2)27-25(34-21)29(15-19-6-3-11-26-14-19)24(30)20-7-4-12-28(16-20)35(31,32)22-8-5-13-33-22/h3,5-6,8-11,13-14,20H,4,7,12,15-16H2,1-2H3. The van der Waals surface area contributed by atoms with Crippen molar-refractivity contribution in [3.8, 4) is 0 Å². The molecule has 0 N–H and O–H groups in total. The van der Waals surface area contributed by atoms with Crippen LogP contribution in [0, 0.1) is 19.8 Å². The van der Waals surface area contributed by atoms with Crippen molar-refractivity contribution < 1.29 is 13.2 Å². The molecular formula is C25H26N4O3S3. The number of carbonyl (C=O) groups is 1. The van der Waals surface area contributed by atoms with E-state index in [0.29, 0.717) is 35.3 Å². The Morgan fingerprint density at radius 2 is 2.06 bits per heavy atom. The highest BCUT2D eigenvalue weighted by Crippen LogP contribution is 2.35. The summed E-state index contributed by atoms with van der Waals surface area (Å²) in [4.78, 5) is 24.7. The maximum atomic E-state index is 13.9. The number of aromatic nitrogens is 2. The second-order valence-electron chi connectivity index (χ2n) is 8.77. The zero-order chi connectivity index (χ0) is 24.6. The normalized spacial score (nSPS) is 17.0. The molecule has 35 heavy (non-hydrogen) atoms. The van der Waals surface area contributed by atoms with E-state index in [-0.39, 0.29) is 12.5 Å². The van der Waals surface area contributed by atoms with Crippen molar-refractivity contribution in [3.63, 3.8) is 0 Å². The fraction of sp³-hybridized carbons (Fsp3) is 0.320. The van der Waals surface area contributed by atoms with Crippen LogP contribution >= 0.6 is 22.7 Å². The van der Waals surface area contributed by atoms with Gasteiger partial charge in [0.15, 0.2) is 5.13 Å². The van der Waals surface area contributed by atoms with E-state index >= 15 is 0 Å². The largest absolute Gasteiger partial charge is 0.283 e. The second kappa shape index (κ2) is 9.77. The van der Waals surface area contributed by atoms with Gasteiger partial charge in [0.25, 0.3) is 10.0 Å². The van der Waals surface area contributed by atoms with Crippen molar-refractivity contribution >= 4 is 54.0 Å². The smallest absolute Gasteiger partial charge is 0.252 e. The molecule has 4 heterocycles. The van der Waals surface area contributed by atoms with E-state index < -0.39 is 15.9 Å². The van der Waals surface area contributed by atoms with E-state index in [1.54, 1.807) is 34.8 Å². The monoisotopic (exact) mass is 526 g/mol. The van der Waals surface area contributed by atoms with Crippen LogP contribution in [0.1, 0.15) is 29.5 Å². The minimum Gasteiger partial charge on any atom is -0.283 e. The van der Waals surface area contributed by atoms with E-state index in [9.17, 15) is 13.2 Å². The number of piperidine rings is 1. The van der Waals surface area contributed by atoms with Gasteiger partial charge in [-0.3, -0.25) is 14.7 Å². The molecule has 182 valence electrons. The highest BCUT2D eigenvalue weighted by Gasteiger charge is 2.36. The van der Waals surface area contributed by atoms with E-state index in [1.807, 2.05) is 25.1 Å². The summed E-state index contributed by atoms with van der Waals surface area (Å²) in [6.45, 7) is 5.02. The molecule has 3 aromatic heterocycles. The number of sulfonamides is 1. The number of hydrogen-bond donors (Lipinski definition) is 0. The zero-order valence-corrected chi connectivity index (χ0v) is 22.0. The molecule has 1 aliphatic heterocycles. The number of aryl methyl sites for hydroxylation is 2. The lowest BCUT2D eigenvalue weighted by Gasteiger charge is -2.33. The number of rotatable bonds is 6. The molecule has 1 fully saturated rings. The molecule has 5 rings (SSSR count). The van der Waals surface area contributed by atoms with Crippen LogP contribution in [0.4, 0.5) is 5.13 Å². The van der Waals surface area contributed by atoms with Crippen LogP contribution in [0.25, 0.3) is 10.2 Å². The first-order valence-electron chi connectivity index (χ1n) is 11.5. The number of thiophene rings is 1. The van der Waals surface area contributed by atoms with Crippen LogP contribution < -0.4 is 4.90 Å². The number of anilines is 1. The molecule has 1 aromatic carbocycles. The van der Waals surface area contributed by atoms with Gasteiger partial charge in [-0.15, -0.1) is 11.3 Å². The van der Waals surface area contributed by atoms with Crippen molar-refractivity contribution in [2.75, 3.05) is 18.0 Å². The fourth-order valence-corrected chi connectivity index (χ4v) is 8.06. The lowest BCUT2D eigenvalue weighted by atomic mass is 9.98. The molecule has 0 saturated carbocycles. The molecule has 1 saturated heterocycles. The number of amides is 1. The second-order valence-corrected chi connectivity index (χ2v) is 12.9. The van der Waals surface area contributed by atoms with E-state index in [0.717, 1.165) is 26.9 Å². The molecule has 1 amide bonds. The molecule has 0 aliphatic carbocycles. The number of nitrogens with zero attached hydrogens (tertiary/aromatic N) is 4. The van der Waals surface area contributed by atoms with Gasteiger partial charge < -0.3 is 0 Å². The highest BCUT2D eigenvalue weighted by molar-refractivity contribution is 7.91. The lowest BCUT2D eigenvalue weighted by Crippen LogP contribution is -2.46. The Hall–Kier alpha value is -2.66. The summed E-state index contributed by atoms with van der Waals surface area (Å²) in [5, 5.41) is 2.38. The minimum absolute atomic E-state index is 0.103. The van der Waals surface area contributed by atoms with Crippen LogP contribution in [0.5, 0.6) is 0 Å². The summed E-state index contributed by atoms with van der Waals surface area (Å²) in [6, 6.07) is 11.2. The first kappa shape index (κ1) is 24.1. The van der Waals surface area contributed by atoms with Crippen molar-refractivity contribution in [3.05, 3.63) is 70.9 Å². The molecule has 7 nitrogen and oxygen atoms in total. The van der Waals surface area contributed by atoms with Gasteiger partial charge in [0.05, 0.1) is 22.7 Å². The topological polar surface area (TPSA) is 83.5 Å². The number of benzene rings is 1. The summed E-state index contributed by atoms with van der Waals surface area (Å²) >= 11 is 2.69. The molecule has 4 aromatic rings. The van der Waals surface area contributed by atoms with Gasteiger partial charge in [-0.25, -0.2) is 13.4 Å². The van der Waals surface area contributed by atoms with Crippen molar-refractivity contribution in [1.29, 1.82) is 0 Å². The Balaban J connectivity index is 1.48. The number of fused-ring (bicyclic) bond motifs is 1. The minimum atomic E-state index is -3.61. The third kappa shape index (κ3) is 4.75. The third-order valence-electron chi connectivity index (χ3n) is 6.46. The van der Waals surface area contributed by atoms with Gasteiger partial charge in [-0.1, -0.05) is 29.5 Å². The Morgan fingerprint density at radius 1 is 1.20 bits per heavy atom. The van der Waals surface area contributed by atoms with E-state index in [2.05, 4.69) is 18.0 Å². The molecule has 0 radical (unpaired) electrons. The van der Waals surface area contributed by atoms with Gasteiger partial charge >= 0.3 is 0 Å². The quantitative estimate of drug-likeness (QED) is 0.353.